The van der Waals surface area contributed by atoms with Crippen LogP contribution in [0.1, 0.15) is 24.2 Å². The van der Waals surface area contributed by atoms with E-state index in [-0.39, 0.29) is 0 Å². The number of rotatable bonds is 4. The summed E-state index contributed by atoms with van der Waals surface area (Å²) in [4.78, 5) is 0. The Morgan fingerprint density at radius 3 is 2.35 bits per heavy atom. The Labute approximate surface area is 123 Å². The highest BCUT2D eigenvalue weighted by Gasteiger charge is 2.10. The first-order chi connectivity index (χ1) is 9.51. The second kappa shape index (κ2) is 6.16. The van der Waals surface area contributed by atoms with E-state index in [1.54, 1.807) is 32.2 Å². The minimum absolute atomic E-state index is 0.450. The van der Waals surface area contributed by atoms with E-state index < -0.39 is 6.10 Å². The lowest BCUT2D eigenvalue weighted by atomic mass is 10.1. The van der Waals surface area contributed by atoms with Crippen molar-refractivity contribution in [3.63, 3.8) is 0 Å². The van der Waals surface area contributed by atoms with Gasteiger partial charge in [-0.3, -0.25) is 0 Å². The molecular formula is C16H17ClO3. The number of methoxy groups -OCH3 is 1. The average molecular weight is 293 g/mol. The molecule has 0 amide bonds. The largest absolute Gasteiger partial charge is 0.493 e. The number of aliphatic hydroxyl groups excluding tert-OH is 1. The van der Waals surface area contributed by atoms with Crippen LogP contribution in [0.4, 0.5) is 0 Å². The molecule has 0 saturated heterocycles. The van der Waals surface area contributed by atoms with E-state index in [1.807, 2.05) is 25.1 Å². The van der Waals surface area contributed by atoms with E-state index in [0.29, 0.717) is 22.3 Å². The van der Waals surface area contributed by atoms with Crippen molar-refractivity contribution in [3.8, 4) is 17.2 Å². The first-order valence-corrected chi connectivity index (χ1v) is 6.69. The van der Waals surface area contributed by atoms with Crippen molar-refractivity contribution in [3.05, 3.63) is 52.5 Å². The highest BCUT2D eigenvalue weighted by atomic mass is 35.5. The van der Waals surface area contributed by atoms with E-state index in [2.05, 4.69) is 0 Å². The summed E-state index contributed by atoms with van der Waals surface area (Å²) >= 11 is 6.17. The molecule has 2 aromatic rings. The molecule has 0 heterocycles. The van der Waals surface area contributed by atoms with Crippen molar-refractivity contribution in [2.45, 2.75) is 20.0 Å². The van der Waals surface area contributed by atoms with Gasteiger partial charge in [-0.05, 0) is 49.2 Å². The smallest absolute Gasteiger partial charge is 0.169 e. The SMILES string of the molecule is COc1cc(C)ccc1Oc1ccc([C@@H](C)O)cc1Cl. The third-order valence-electron chi connectivity index (χ3n) is 2.98. The molecule has 20 heavy (non-hydrogen) atoms. The Bertz CT molecular complexity index is 609. The summed E-state index contributed by atoms with van der Waals surface area (Å²) in [5.41, 5.74) is 1.84. The molecule has 0 spiro atoms. The first kappa shape index (κ1) is 14.7. The third kappa shape index (κ3) is 3.24. The van der Waals surface area contributed by atoms with Crippen LogP contribution in [0, 0.1) is 6.92 Å². The Morgan fingerprint density at radius 1 is 1.05 bits per heavy atom. The van der Waals surface area contributed by atoms with Gasteiger partial charge in [0.1, 0.15) is 5.75 Å². The molecule has 0 aliphatic rings. The van der Waals surface area contributed by atoms with Gasteiger partial charge in [-0.2, -0.15) is 0 Å². The zero-order chi connectivity index (χ0) is 14.7. The summed E-state index contributed by atoms with van der Waals surface area (Å²) in [6, 6.07) is 10.9. The monoisotopic (exact) mass is 292 g/mol. The van der Waals surface area contributed by atoms with E-state index >= 15 is 0 Å². The van der Waals surface area contributed by atoms with Crippen LogP contribution in [0.3, 0.4) is 0 Å². The predicted octanol–water partition coefficient (Wildman–Crippen LogP) is 4.50. The number of aryl methyl sites for hydroxylation is 1. The molecule has 0 aliphatic carbocycles. The van der Waals surface area contributed by atoms with Crippen LogP contribution >= 0.6 is 11.6 Å². The van der Waals surface area contributed by atoms with Crippen molar-refractivity contribution in [1.82, 2.24) is 0 Å². The summed E-state index contributed by atoms with van der Waals surface area (Å²) in [7, 11) is 1.60. The number of halogens is 1. The Balaban J connectivity index is 2.30. The fourth-order valence-electron chi connectivity index (χ4n) is 1.84. The molecule has 2 aromatic carbocycles. The van der Waals surface area contributed by atoms with Crippen LogP contribution in [0.15, 0.2) is 36.4 Å². The fourth-order valence-corrected chi connectivity index (χ4v) is 2.06. The van der Waals surface area contributed by atoms with E-state index in [9.17, 15) is 5.11 Å². The van der Waals surface area contributed by atoms with Crippen LogP contribution in [0.5, 0.6) is 17.2 Å². The van der Waals surface area contributed by atoms with Gasteiger partial charge in [0.25, 0.3) is 0 Å². The van der Waals surface area contributed by atoms with E-state index in [1.165, 1.54) is 0 Å². The third-order valence-corrected chi connectivity index (χ3v) is 3.27. The van der Waals surface area contributed by atoms with E-state index in [4.69, 9.17) is 21.1 Å². The van der Waals surface area contributed by atoms with Crippen LogP contribution in [-0.2, 0) is 0 Å². The van der Waals surface area contributed by atoms with Gasteiger partial charge in [0.2, 0.25) is 0 Å². The summed E-state index contributed by atoms with van der Waals surface area (Å²) in [6.07, 6.45) is -0.560. The topological polar surface area (TPSA) is 38.7 Å². The molecule has 0 saturated carbocycles. The highest BCUT2D eigenvalue weighted by Crippen LogP contribution is 2.36. The summed E-state index contributed by atoms with van der Waals surface area (Å²) in [6.45, 7) is 3.67. The van der Waals surface area contributed by atoms with Crippen LogP contribution in [0.25, 0.3) is 0 Å². The lowest BCUT2D eigenvalue weighted by molar-refractivity contribution is 0.199. The molecule has 0 aromatic heterocycles. The average Bonchev–Trinajstić information content (AvgIpc) is 2.42. The number of hydrogen-bond donors (Lipinski definition) is 1. The Kier molecular flexibility index (Phi) is 4.53. The molecule has 106 valence electrons. The van der Waals surface area contributed by atoms with Gasteiger partial charge in [0.05, 0.1) is 18.2 Å². The number of aliphatic hydroxyl groups is 1. The van der Waals surface area contributed by atoms with Gasteiger partial charge in [0.15, 0.2) is 11.5 Å². The predicted molar refractivity (Wildman–Crippen MR) is 79.9 cm³/mol. The second-order valence-electron chi connectivity index (χ2n) is 4.62. The molecule has 2 rings (SSSR count). The second-order valence-corrected chi connectivity index (χ2v) is 5.03. The first-order valence-electron chi connectivity index (χ1n) is 6.31. The summed E-state index contributed by atoms with van der Waals surface area (Å²) in [5, 5.41) is 9.97. The quantitative estimate of drug-likeness (QED) is 0.901. The van der Waals surface area contributed by atoms with Crippen LogP contribution in [0.2, 0.25) is 5.02 Å². The fraction of sp³-hybridized carbons (Fsp3) is 0.250. The minimum atomic E-state index is -0.560. The maximum absolute atomic E-state index is 9.52. The van der Waals surface area contributed by atoms with E-state index in [0.717, 1.165) is 11.1 Å². The van der Waals surface area contributed by atoms with Crippen molar-refractivity contribution in [2.75, 3.05) is 7.11 Å². The molecule has 3 nitrogen and oxygen atoms in total. The van der Waals surface area contributed by atoms with Gasteiger partial charge >= 0.3 is 0 Å². The van der Waals surface area contributed by atoms with Gasteiger partial charge in [-0.25, -0.2) is 0 Å². The van der Waals surface area contributed by atoms with Gasteiger partial charge in [-0.1, -0.05) is 23.7 Å². The van der Waals surface area contributed by atoms with Crippen molar-refractivity contribution >= 4 is 11.6 Å². The number of benzene rings is 2. The molecule has 1 atom stereocenters. The number of ether oxygens (including phenoxy) is 2. The molecule has 0 fully saturated rings. The van der Waals surface area contributed by atoms with Crippen molar-refractivity contribution in [1.29, 1.82) is 0 Å². The normalized spacial score (nSPS) is 12.1. The van der Waals surface area contributed by atoms with Crippen molar-refractivity contribution < 1.29 is 14.6 Å². The molecule has 0 bridgehead atoms. The zero-order valence-electron chi connectivity index (χ0n) is 11.7. The molecule has 1 N–H and O–H groups in total. The van der Waals surface area contributed by atoms with Gasteiger partial charge in [0, 0.05) is 0 Å². The van der Waals surface area contributed by atoms with Crippen LogP contribution < -0.4 is 9.47 Å². The lowest BCUT2D eigenvalue weighted by Gasteiger charge is -2.13. The van der Waals surface area contributed by atoms with Gasteiger partial charge < -0.3 is 14.6 Å². The maximum atomic E-state index is 9.52. The molecule has 4 heteroatoms. The Morgan fingerprint density at radius 2 is 1.75 bits per heavy atom. The maximum Gasteiger partial charge on any atom is 0.169 e. The molecule has 0 unspecified atom stereocenters. The standard InChI is InChI=1S/C16H17ClO3/c1-10-4-6-15(16(8-10)19-3)20-14-7-5-12(11(2)18)9-13(14)17/h4-9,11,18H,1-3H3/t11-/m1/s1. The Hall–Kier alpha value is -1.71. The highest BCUT2D eigenvalue weighted by molar-refractivity contribution is 6.32. The molecular weight excluding hydrogens is 276 g/mol. The molecule has 0 radical (unpaired) electrons. The summed E-state index contributed by atoms with van der Waals surface area (Å²) in [5.74, 6) is 1.78. The number of hydrogen-bond acceptors (Lipinski definition) is 3. The van der Waals surface area contributed by atoms with Gasteiger partial charge in [-0.15, -0.1) is 0 Å². The zero-order valence-corrected chi connectivity index (χ0v) is 12.4. The van der Waals surface area contributed by atoms with Crippen molar-refractivity contribution in [2.24, 2.45) is 0 Å². The minimum Gasteiger partial charge on any atom is -0.493 e. The summed E-state index contributed by atoms with van der Waals surface area (Å²) < 4.78 is 11.1. The van der Waals surface area contributed by atoms with Crippen LogP contribution in [-0.4, -0.2) is 12.2 Å². The lowest BCUT2D eigenvalue weighted by Crippen LogP contribution is -1.94. The molecule has 0 aliphatic heterocycles.